The van der Waals surface area contributed by atoms with Gasteiger partial charge in [0.15, 0.2) is 18.4 Å². The van der Waals surface area contributed by atoms with Crippen LogP contribution in [0.3, 0.4) is 0 Å². The molecule has 2 aromatic rings. The Balaban J connectivity index is 1.14. The number of methoxy groups -OCH3 is 3. The number of carbonyl (C=O) groups is 2. The lowest BCUT2D eigenvalue weighted by atomic mass is 9.66. The highest BCUT2D eigenvalue weighted by molar-refractivity contribution is 6.30. The highest BCUT2D eigenvalue weighted by Crippen LogP contribution is 2.61. The van der Waals surface area contributed by atoms with Gasteiger partial charge in [0.1, 0.15) is 24.0 Å². The molecule has 0 N–H and O–H groups in total. The molecule has 3 saturated heterocycles. The zero-order valence-corrected chi connectivity index (χ0v) is 38.3. The van der Waals surface area contributed by atoms with E-state index in [1.54, 1.807) is 21.3 Å². The number of ether oxygens (including phenoxy) is 8. The maximum Gasteiger partial charge on any atom is 0.306 e. The summed E-state index contributed by atoms with van der Waals surface area (Å²) in [6, 6.07) is 4.09. The van der Waals surface area contributed by atoms with E-state index in [1.165, 1.54) is 0 Å². The van der Waals surface area contributed by atoms with Gasteiger partial charge in [-0.1, -0.05) is 38.4 Å². The topological polar surface area (TPSA) is 129 Å². The van der Waals surface area contributed by atoms with Gasteiger partial charge < -0.3 is 47.2 Å². The first-order valence-electron chi connectivity index (χ1n) is 22.8. The zero-order chi connectivity index (χ0) is 43.3. The Bertz CT molecular complexity index is 1910. The number of cyclic esters (lactones) is 1. The molecule has 8 rings (SSSR count). The van der Waals surface area contributed by atoms with Crippen LogP contribution >= 0.6 is 11.6 Å². The SMILES string of the molecule is CC[C@H]1CCC[C@H](O[C@H]2CC[C@H](N(C)C)C(C)O2)[C@@H](C)C(=O)C2=C[C@H]3[C@@H]4C[C@H](O[C@@H]5OCC(C)[C@H](OC)C(OC)C5OC)C[C@H]4c4c(nc5cc(Cl)ccn45)[C@H]3[C@@H]2CC(=O)O1. The summed E-state index contributed by atoms with van der Waals surface area (Å²) >= 11 is 6.58. The van der Waals surface area contributed by atoms with E-state index < -0.39 is 36.6 Å². The van der Waals surface area contributed by atoms with Crippen LogP contribution in [0.15, 0.2) is 30.0 Å². The molecule has 0 radical (unpaired) electrons. The zero-order valence-electron chi connectivity index (χ0n) is 37.5. The van der Waals surface area contributed by atoms with Gasteiger partial charge in [0, 0.05) is 79.9 Å². The number of pyridine rings is 1. The van der Waals surface area contributed by atoms with Crippen LogP contribution in [-0.2, 0) is 47.5 Å². The van der Waals surface area contributed by atoms with E-state index in [2.05, 4.69) is 50.2 Å². The summed E-state index contributed by atoms with van der Waals surface area (Å²) in [6.07, 6.45) is 7.34. The van der Waals surface area contributed by atoms with Crippen LogP contribution in [0, 0.1) is 29.6 Å². The molecule has 0 spiro atoms. The molecule has 13 nitrogen and oxygen atoms in total. The van der Waals surface area contributed by atoms with Crippen molar-refractivity contribution in [1.29, 1.82) is 0 Å². The van der Waals surface area contributed by atoms with Crippen molar-refractivity contribution < 1.29 is 47.5 Å². The Labute approximate surface area is 366 Å². The van der Waals surface area contributed by atoms with Crippen molar-refractivity contribution in [2.75, 3.05) is 42.0 Å². The average molecular weight is 871 g/mol. The van der Waals surface area contributed by atoms with E-state index in [0.29, 0.717) is 42.5 Å². The Morgan fingerprint density at radius 1 is 0.951 bits per heavy atom. The summed E-state index contributed by atoms with van der Waals surface area (Å²) in [5.74, 6) is -1.19. The van der Waals surface area contributed by atoms with E-state index in [-0.39, 0.29) is 78.3 Å². The highest BCUT2D eigenvalue weighted by atomic mass is 35.5. The third-order valence-electron chi connectivity index (χ3n) is 15.2. The fourth-order valence-corrected chi connectivity index (χ4v) is 12.2. The summed E-state index contributed by atoms with van der Waals surface area (Å²) in [5, 5.41) is 0.594. The number of allylic oxidation sites excluding steroid dienone is 2. The number of rotatable bonds is 9. The van der Waals surface area contributed by atoms with Crippen molar-refractivity contribution in [3.05, 3.63) is 46.4 Å². The number of Topliss-reactive ketones (excluding diaryl/α,β-unsaturated/α-hetero) is 1. The molecule has 4 unspecified atom stereocenters. The minimum Gasteiger partial charge on any atom is -0.462 e. The quantitative estimate of drug-likeness (QED) is 0.238. The second-order valence-corrected chi connectivity index (χ2v) is 19.4. The standard InChI is InChI=1S/C47H68ClN3O10/c1-10-28-12-11-13-36(61-39-15-14-35(50(5)6)26(4)58-39)25(3)43(53)34-21-31-30-19-29(60-47-46(56-9)45(55-8)44(54-7)24(2)23-57-47)20-33(30)42-41(40(31)32(34)22-38(52)59-28)49-37-18-27(48)16-17-51(37)42/h16-18,21,24-26,28-33,35-36,39-40,44-47H,10-15,19-20,22-23H2,1-9H3/t24?,25-,26?,28+,29+,30+,31+,32-,33-,35+,36+,39+,40-,44+,45?,46?,47+/m1/s1. The molecule has 2 aromatic heterocycles. The number of ketones is 1. The lowest BCUT2D eigenvalue weighted by Crippen LogP contribution is -2.48. The first-order chi connectivity index (χ1) is 29.3. The molecule has 0 aromatic carbocycles. The maximum absolute atomic E-state index is 15.2. The number of carbonyl (C=O) groups excluding carboxylic acids is 2. The average Bonchev–Trinajstić information content (AvgIpc) is 3.91. The van der Waals surface area contributed by atoms with Crippen LogP contribution in [0.2, 0.25) is 5.02 Å². The number of aromatic nitrogens is 2. The molecule has 3 aliphatic heterocycles. The molecule has 5 heterocycles. The fraction of sp³-hybridized carbons (Fsp3) is 0.766. The molecule has 14 heteroatoms. The van der Waals surface area contributed by atoms with Crippen molar-refractivity contribution in [3.63, 3.8) is 0 Å². The predicted molar refractivity (Wildman–Crippen MR) is 228 cm³/mol. The highest BCUT2D eigenvalue weighted by Gasteiger charge is 2.57. The van der Waals surface area contributed by atoms with Gasteiger partial charge in [0.05, 0.1) is 43.1 Å². The van der Waals surface area contributed by atoms with Gasteiger partial charge in [-0.05, 0) is 95.9 Å². The lowest BCUT2D eigenvalue weighted by molar-refractivity contribution is -0.237. The molecule has 17 atom stereocenters. The summed E-state index contributed by atoms with van der Waals surface area (Å²) in [4.78, 5) is 36.7. The third-order valence-corrected chi connectivity index (χ3v) is 15.4. The molecule has 338 valence electrons. The smallest absolute Gasteiger partial charge is 0.306 e. The van der Waals surface area contributed by atoms with Crippen molar-refractivity contribution in [2.24, 2.45) is 29.6 Å². The maximum atomic E-state index is 15.2. The van der Waals surface area contributed by atoms with Crippen LogP contribution < -0.4 is 0 Å². The van der Waals surface area contributed by atoms with Gasteiger partial charge in [0.2, 0.25) is 0 Å². The number of hydrogen-bond acceptors (Lipinski definition) is 12. The minimum absolute atomic E-state index is 0.00310. The largest absolute Gasteiger partial charge is 0.462 e. The summed E-state index contributed by atoms with van der Waals surface area (Å²) in [6.45, 7) is 8.69. The van der Waals surface area contributed by atoms with Crippen LogP contribution in [0.5, 0.6) is 0 Å². The van der Waals surface area contributed by atoms with Gasteiger partial charge in [-0.25, -0.2) is 4.98 Å². The van der Waals surface area contributed by atoms with Crippen LogP contribution in [0.4, 0.5) is 0 Å². The Hall–Kier alpha value is -2.46. The monoisotopic (exact) mass is 869 g/mol. The summed E-state index contributed by atoms with van der Waals surface area (Å²) < 4.78 is 53.0. The second kappa shape index (κ2) is 18.9. The first kappa shape index (κ1) is 45.1. The Kier molecular flexibility index (Phi) is 14.0. The van der Waals surface area contributed by atoms with Crippen LogP contribution in [0.1, 0.15) is 109 Å². The molecule has 0 bridgehead atoms. The van der Waals surface area contributed by atoms with Crippen molar-refractivity contribution >= 4 is 29.0 Å². The summed E-state index contributed by atoms with van der Waals surface area (Å²) in [5.41, 5.74) is 3.45. The molecule has 1 saturated carbocycles. The van der Waals surface area contributed by atoms with Crippen molar-refractivity contribution in [3.8, 4) is 0 Å². The number of fused-ring (bicyclic) bond motifs is 10. The van der Waals surface area contributed by atoms with E-state index in [4.69, 9.17) is 54.5 Å². The normalized spacial score (nSPS) is 40.9. The first-order valence-corrected chi connectivity index (χ1v) is 23.2. The second-order valence-electron chi connectivity index (χ2n) is 18.9. The molecule has 3 aliphatic carbocycles. The summed E-state index contributed by atoms with van der Waals surface area (Å²) in [7, 11) is 9.19. The molecule has 6 aliphatic rings. The van der Waals surface area contributed by atoms with Gasteiger partial charge in [-0.2, -0.15) is 0 Å². The van der Waals surface area contributed by atoms with Crippen LogP contribution in [-0.4, -0.2) is 129 Å². The van der Waals surface area contributed by atoms with Crippen LogP contribution in [0.25, 0.3) is 5.65 Å². The molecule has 4 fully saturated rings. The van der Waals surface area contributed by atoms with Gasteiger partial charge in [-0.3, -0.25) is 9.59 Å². The number of esters is 1. The van der Waals surface area contributed by atoms with E-state index >= 15 is 4.79 Å². The van der Waals surface area contributed by atoms with Crippen molar-refractivity contribution in [1.82, 2.24) is 14.3 Å². The molecular formula is C47H68ClN3O10. The van der Waals surface area contributed by atoms with Gasteiger partial charge in [-0.15, -0.1) is 0 Å². The minimum atomic E-state index is -0.679. The fourth-order valence-electron chi connectivity index (χ4n) is 12.1. The molecule has 0 amide bonds. The van der Waals surface area contributed by atoms with E-state index in [1.807, 2.05) is 25.3 Å². The number of likely N-dealkylation sites (N-methyl/N-ethyl adjacent to an activating group) is 1. The Morgan fingerprint density at radius 2 is 1.72 bits per heavy atom. The lowest BCUT2D eigenvalue weighted by Gasteiger charge is -2.40. The predicted octanol–water partition coefficient (Wildman–Crippen LogP) is 7.11. The molecular weight excluding hydrogens is 802 g/mol. The third kappa shape index (κ3) is 8.74. The van der Waals surface area contributed by atoms with E-state index in [0.717, 1.165) is 49.1 Å². The van der Waals surface area contributed by atoms with Gasteiger partial charge in [0.25, 0.3) is 0 Å². The number of nitrogens with zero attached hydrogens (tertiary/aromatic N) is 3. The van der Waals surface area contributed by atoms with Crippen molar-refractivity contribution in [2.45, 2.75) is 159 Å². The van der Waals surface area contributed by atoms with Gasteiger partial charge >= 0.3 is 5.97 Å². The number of halogens is 1. The Morgan fingerprint density at radius 3 is 2.43 bits per heavy atom. The molecule has 61 heavy (non-hydrogen) atoms. The number of imidazole rings is 1. The number of hydrogen-bond donors (Lipinski definition) is 0. The van der Waals surface area contributed by atoms with E-state index in [9.17, 15) is 4.79 Å².